The summed E-state index contributed by atoms with van der Waals surface area (Å²) in [6, 6.07) is 4.99. The monoisotopic (exact) mass is 345 g/mol. The van der Waals surface area contributed by atoms with Crippen molar-refractivity contribution in [1.82, 2.24) is 14.9 Å². The minimum atomic E-state index is -0.183. The van der Waals surface area contributed by atoms with Crippen molar-refractivity contribution in [2.75, 3.05) is 6.54 Å². The number of aromatic amines is 1. The largest absolute Gasteiger partial charge is 0.352 e. The fourth-order valence-electron chi connectivity index (χ4n) is 2.50. The molecule has 24 heavy (non-hydrogen) atoms. The van der Waals surface area contributed by atoms with Gasteiger partial charge in [0.15, 0.2) is 4.77 Å². The molecule has 2 rings (SSSR count). The summed E-state index contributed by atoms with van der Waals surface area (Å²) in [5.74, 6) is 0.482. The average molecular weight is 345 g/mol. The molecule has 1 amide bonds. The molecule has 0 radical (unpaired) electrons. The van der Waals surface area contributed by atoms with E-state index >= 15 is 0 Å². The molecule has 0 spiro atoms. The van der Waals surface area contributed by atoms with Crippen LogP contribution in [0.25, 0.3) is 10.9 Å². The maximum absolute atomic E-state index is 12.4. The molecule has 1 aromatic heterocycles. The summed E-state index contributed by atoms with van der Waals surface area (Å²) in [5, 5.41) is 3.41. The van der Waals surface area contributed by atoms with Gasteiger partial charge in [-0.1, -0.05) is 19.9 Å². The zero-order valence-corrected chi connectivity index (χ0v) is 14.9. The van der Waals surface area contributed by atoms with E-state index in [-0.39, 0.29) is 11.5 Å². The number of fused-ring (bicyclic) bond motifs is 1. The summed E-state index contributed by atoms with van der Waals surface area (Å²) in [7, 11) is 0. The first-order valence-corrected chi connectivity index (χ1v) is 8.51. The molecule has 0 saturated heterocycles. The maximum Gasteiger partial charge on any atom is 0.262 e. The number of nitrogens with one attached hydrogen (secondary N) is 2. The van der Waals surface area contributed by atoms with Crippen LogP contribution in [0.4, 0.5) is 0 Å². The molecular formula is C18H23N3O2S. The van der Waals surface area contributed by atoms with Crippen LogP contribution in [0.1, 0.15) is 37.0 Å². The van der Waals surface area contributed by atoms with Crippen molar-refractivity contribution in [2.24, 2.45) is 5.92 Å². The first-order chi connectivity index (χ1) is 11.4. The second-order valence-electron chi connectivity index (χ2n) is 6.19. The fourth-order valence-corrected chi connectivity index (χ4v) is 2.77. The van der Waals surface area contributed by atoms with Gasteiger partial charge >= 0.3 is 0 Å². The normalized spacial score (nSPS) is 11.0. The van der Waals surface area contributed by atoms with Crippen LogP contribution >= 0.6 is 12.2 Å². The van der Waals surface area contributed by atoms with E-state index in [9.17, 15) is 9.59 Å². The summed E-state index contributed by atoms with van der Waals surface area (Å²) >= 11 is 5.21. The molecule has 5 nitrogen and oxygen atoms in total. The molecule has 1 aromatic carbocycles. The Balaban J connectivity index is 2.24. The van der Waals surface area contributed by atoms with Gasteiger partial charge in [0.05, 0.1) is 10.9 Å². The van der Waals surface area contributed by atoms with Gasteiger partial charge in [-0.2, -0.15) is 0 Å². The summed E-state index contributed by atoms with van der Waals surface area (Å²) in [6.45, 7) is 8.94. The number of nitrogens with zero attached hydrogens (tertiary/aromatic N) is 1. The summed E-state index contributed by atoms with van der Waals surface area (Å²) in [4.78, 5) is 27.7. The molecule has 0 unspecified atom stereocenters. The molecule has 0 atom stereocenters. The Hall–Kier alpha value is -2.21. The van der Waals surface area contributed by atoms with Gasteiger partial charge in [0.2, 0.25) is 0 Å². The summed E-state index contributed by atoms with van der Waals surface area (Å²) < 4.78 is 1.76. The van der Waals surface area contributed by atoms with E-state index in [0.29, 0.717) is 40.2 Å². The quantitative estimate of drug-likeness (QED) is 0.459. The minimum absolute atomic E-state index is 0.143. The van der Waals surface area contributed by atoms with E-state index in [1.165, 1.54) is 4.57 Å². The predicted molar refractivity (Wildman–Crippen MR) is 100.0 cm³/mol. The Morgan fingerprint density at radius 3 is 2.88 bits per heavy atom. The second kappa shape index (κ2) is 8.06. The van der Waals surface area contributed by atoms with Crippen LogP contribution in [-0.2, 0) is 6.54 Å². The molecule has 0 saturated carbocycles. The van der Waals surface area contributed by atoms with Crippen molar-refractivity contribution < 1.29 is 4.79 Å². The second-order valence-corrected chi connectivity index (χ2v) is 6.57. The van der Waals surface area contributed by atoms with Crippen molar-refractivity contribution in [3.05, 3.63) is 51.5 Å². The molecule has 0 bridgehead atoms. The Labute approximate surface area is 146 Å². The van der Waals surface area contributed by atoms with E-state index in [0.717, 1.165) is 12.8 Å². The highest BCUT2D eigenvalue weighted by Gasteiger charge is 2.09. The van der Waals surface area contributed by atoms with E-state index in [4.69, 9.17) is 12.2 Å². The van der Waals surface area contributed by atoms with Crippen LogP contribution < -0.4 is 10.9 Å². The molecule has 1 heterocycles. The highest BCUT2D eigenvalue weighted by molar-refractivity contribution is 7.71. The molecule has 0 aliphatic rings. The average Bonchev–Trinajstić information content (AvgIpc) is 2.54. The van der Waals surface area contributed by atoms with E-state index in [1.807, 2.05) is 0 Å². The number of aromatic nitrogens is 2. The van der Waals surface area contributed by atoms with Crippen molar-refractivity contribution >= 4 is 29.0 Å². The smallest absolute Gasteiger partial charge is 0.262 e. The van der Waals surface area contributed by atoms with E-state index in [1.54, 1.807) is 24.3 Å². The van der Waals surface area contributed by atoms with Gasteiger partial charge in [0.25, 0.3) is 11.5 Å². The number of allylic oxidation sites excluding steroid dienone is 1. The van der Waals surface area contributed by atoms with Crippen LogP contribution in [0.3, 0.4) is 0 Å². The van der Waals surface area contributed by atoms with Crippen molar-refractivity contribution in [2.45, 2.75) is 33.2 Å². The lowest BCUT2D eigenvalue weighted by atomic mass is 10.1. The van der Waals surface area contributed by atoms with E-state index in [2.05, 4.69) is 30.7 Å². The molecule has 2 aromatic rings. The van der Waals surface area contributed by atoms with Crippen LogP contribution in [-0.4, -0.2) is 22.0 Å². The van der Waals surface area contributed by atoms with E-state index < -0.39 is 0 Å². The standard InChI is InChI=1S/C18H23N3O2S/c1-4-10-21-17(23)14-8-7-13(11-15(14)20-18(21)24)16(22)19-9-5-6-12(2)3/h4,7-8,11-12H,1,5-6,9-10H2,2-3H3,(H,19,22)(H,20,24). The van der Waals surface area contributed by atoms with Gasteiger partial charge in [-0.3, -0.25) is 14.2 Å². The number of benzene rings is 1. The van der Waals surface area contributed by atoms with Crippen LogP contribution in [0.5, 0.6) is 0 Å². The maximum atomic E-state index is 12.4. The Kier molecular flexibility index (Phi) is 6.09. The number of hydrogen-bond acceptors (Lipinski definition) is 3. The number of rotatable bonds is 7. The third-order valence-corrected chi connectivity index (χ3v) is 4.12. The molecule has 0 aliphatic heterocycles. The lowest BCUT2D eigenvalue weighted by Gasteiger charge is -2.09. The van der Waals surface area contributed by atoms with Gasteiger partial charge in [0.1, 0.15) is 0 Å². The predicted octanol–water partition coefficient (Wildman–Crippen LogP) is 3.41. The Morgan fingerprint density at radius 1 is 1.46 bits per heavy atom. The first-order valence-electron chi connectivity index (χ1n) is 8.10. The highest BCUT2D eigenvalue weighted by Crippen LogP contribution is 2.11. The molecule has 128 valence electrons. The highest BCUT2D eigenvalue weighted by atomic mass is 32.1. The van der Waals surface area contributed by atoms with Crippen molar-refractivity contribution in [3.8, 4) is 0 Å². The van der Waals surface area contributed by atoms with Gasteiger partial charge < -0.3 is 10.3 Å². The van der Waals surface area contributed by atoms with Crippen LogP contribution in [0.15, 0.2) is 35.6 Å². The lowest BCUT2D eigenvalue weighted by molar-refractivity contribution is 0.0952. The minimum Gasteiger partial charge on any atom is -0.352 e. The van der Waals surface area contributed by atoms with Gasteiger partial charge in [-0.15, -0.1) is 6.58 Å². The van der Waals surface area contributed by atoms with Crippen molar-refractivity contribution in [3.63, 3.8) is 0 Å². The molecule has 0 fully saturated rings. The number of carbonyl (C=O) groups is 1. The zero-order chi connectivity index (χ0) is 17.7. The Morgan fingerprint density at radius 2 is 2.21 bits per heavy atom. The summed E-state index contributed by atoms with van der Waals surface area (Å²) in [5.41, 5.74) is 0.899. The van der Waals surface area contributed by atoms with Crippen molar-refractivity contribution in [1.29, 1.82) is 0 Å². The third kappa shape index (κ3) is 4.20. The first kappa shape index (κ1) is 18.1. The topological polar surface area (TPSA) is 66.9 Å². The number of hydrogen-bond donors (Lipinski definition) is 2. The Bertz CT molecular complexity index is 865. The fraction of sp³-hybridized carbons (Fsp3) is 0.389. The molecule has 0 aliphatic carbocycles. The SMILES string of the molecule is C=CCn1c(=S)[nH]c2cc(C(=O)NCCCC(C)C)ccc2c1=O. The molecular weight excluding hydrogens is 322 g/mol. The zero-order valence-electron chi connectivity index (χ0n) is 14.1. The lowest BCUT2D eigenvalue weighted by Crippen LogP contribution is -2.25. The molecule has 6 heteroatoms. The third-order valence-electron chi connectivity index (χ3n) is 3.80. The van der Waals surface area contributed by atoms with Crippen LogP contribution in [0, 0.1) is 10.7 Å². The number of amides is 1. The van der Waals surface area contributed by atoms with Gasteiger partial charge in [-0.25, -0.2) is 0 Å². The number of H-pyrrole nitrogens is 1. The number of carbonyl (C=O) groups excluding carboxylic acids is 1. The summed E-state index contributed by atoms with van der Waals surface area (Å²) in [6.07, 6.45) is 3.65. The van der Waals surface area contributed by atoms with Gasteiger partial charge in [-0.05, 0) is 49.2 Å². The molecule has 2 N–H and O–H groups in total. The van der Waals surface area contributed by atoms with Crippen LogP contribution in [0.2, 0.25) is 0 Å². The van der Waals surface area contributed by atoms with Gasteiger partial charge in [0, 0.05) is 18.7 Å².